The maximum absolute atomic E-state index is 11.4. The van der Waals surface area contributed by atoms with E-state index in [4.69, 9.17) is 9.97 Å². The van der Waals surface area contributed by atoms with Gasteiger partial charge in [-0.15, -0.1) is 24.8 Å². The summed E-state index contributed by atoms with van der Waals surface area (Å²) < 4.78 is 4.19. The Morgan fingerprint density at radius 1 is 0.532 bits per heavy atom. The van der Waals surface area contributed by atoms with Crippen molar-refractivity contribution in [2.45, 2.75) is 27.7 Å². The number of halogens is 2. The molecular weight excluding hydrogens is 635 g/mol. The number of aromatic amines is 2. The molecule has 0 aliphatic heterocycles. The number of benzene rings is 2. The topological polar surface area (TPSA) is 132 Å². The smallest absolute Gasteiger partial charge is 0.248 e. The summed E-state index contributed by atoms with van der Waals surface area (Å²) in [6.45, 7) is 8.27. The number of nitrogens with zero attached hydrogens (tertiary/aromatic N) is 4. The van der Waals surface area contributed by atoms with Gasteiger partial charge in [-0.2, -0.15) is 0 Å². The van der Waals surface area contributed by atoms with Crippen LogP contribution in [0, 0.1) is 27.7 Å². The predicted molar refractivity (Wildman–Crippen MR) is 195 cm³/mol. The minimum absolute atomic E-state index is 0. The SMILES string of the molecule is Cc1ccn2c(C)c(-c3ccc4[nH]c(=O)ccc4c3)nc2c1.Cc1ccn2c(C)c(-c3ccc4[nH]c(=O)ccc4c3)nc2c1.Cl.Cl.O. The number of pyridine rings is 4. The average molecular weight is 670 g/mol. The summed E-state index contributed by atoms with van der Waals surface area (Å²) in [6.07, 6.45) is 4.10. The number of hydrogen-bond donors (Lipinski definition) is 2. The van der Waals surface area contributed by atoms with Crippen molar-refractivity contribution in [3.05, 3.63) is 141 Å². The van der Waals surface area contributed by atoms with E-state index in [1.807, 2.05) is 36.4 Å². The van der Waals surface area contributed by atoms with E-state index in [1.165, 1.54) is 11.1 Å². The van der Waals surface area contributed by atoms with E-state index < -0.39 is 0 Å². The largest absolute Gasteiger partial charge is 0.412 e. The van der Waals surface area contributed by atoms with Crippen molar-refractivity contribution in [3.8, 4) is 22.5 Å². The first-order valence-corrected chi connectivity index (χ1v) is 14.4. The summed E-state index contributed by atoms with van der Waals surface area (Å²) in [5, 5.41) is 2.01. The van der Waals surface area contributed by atoms with E-state index in [1.54, 1.807) is 12.1 Å². The van der Waals surface area contributed by atoms with E-state index in [9.17, 15) is 9.59 Å². The van der Waals surface area contributed by atoms with Gasteiger partial charge in [0.25, 0.3) is 0 Å². The van der Waals surface area contributed by atoms with Crippen molar-refractivity contribution in [1.82, 2.24) is 28.7 Å². The van der Waals surface area contributed by atoms with Crippen LogP contribution in [-0.4, -0.2) is 34.2 Å². The van der Waals surface area contributed by atoms with Crippen molar-refractivity contribution in [1.29, 1.82) is 0 Å². The molecule has 240 valence electrons. The molecule has 8 aromatic rings. The molecular formula is C36H34Cl2N6O3. The fourth-order valence-electron chi connectivity index (χ4n) is 5.69. The molecule has 11 heteroatoms. The number of H-pyrrole nitrogens is 2. The Morgan fingerprint density at radius 2 is 0.936 bits per heavy atom. The van der Waals surface area contributed by atoms with Gasteiger partial charge in [-0.3, -0.25) is 9.59 Å². The Hall–Kier alpha value is -5.22. The minimum atomic E-state index is -0.0837. The zero-order valence-corrected chi connectivity index (χ0v) is 27.8. The van der Waals surface area contributed by atoms with Gasteiger partial charge in [0.1, 0.15) is 11.3 Å². The maximum atomic E-state index is 11.4. The van der Waals surface area contributed by atoms with Gasteiger partial charge in [-0.25, -0.2) is 9.97 Å². The van der Waals surface area contributed by atoms with Crippen LogP contribution < -0.4 is 11.1 Å². The van der Waals surface area contributed by atoms with Gasteiger partial charge in [0.05, 0.1) is 11.4 Å². The average Bonchev–Trinajstić information content (AvgIpc) is 3.52. The van der Waals surface area contributed by atoms with Crippen molar-refractivity contribution in [2.75, 3.05) is 0 Å². The molecule has 0 saturated heterocycles. The molecule has 2 aromatic carbocycles. The molecule has 0 saturated carbocycles. The number of rotatable bonds is 2. The van der Waals surface area contributed by atoms with Gasteiger partial charge in [0.2, 0.25) is 11.1 Å². The van der Waals surface area contributed by atoms with Crippen LogP contribution in [0.1, 0.15) is 22.5 Å². The molecule has 8 rings (SSSR count). The summed E-state index contributed by atoms with van der Waals surface area (Å²) in [7, 11) is 0. The summed E-state index contributed by atoms with van der Waals surface area (Å²) in [4.78, 5) is 37.9. The third-order valence-corrected chi connectivity index (χ3v) is 8.04. The minimum Gasteiger partial charge on any atom is -0.412 e. The second kappa shape index (κ2) is 13.6. The highest BCUT2D eigenvalue weighted by Crippen LogP contribution is 2.28. The third kappa shape index (κ3) is 6.55. The lowest BCUT2D eigenvalue weighted by Crippen LogP contribution is -2.02. The first kappa shape index (κ1) is 34.6. The predicted octanol–water partition coefficient (Wildman–Crippen LogP) is 6.94. The molecule has 6 aromatic heterocycles. The quantitative estimate of drug-likeness (QED) is 0.206. The highest BCUT2D eigenvalue weighted by Gasteiger charge is 2.12. The standard InChI is InChI=1S/2C18H15N3O.2ClH.H2O/c2*1-11-7-8-21-12(2)18(20-16(21)9-11)14-3-5-15-13(10-14)4-6-17(22)19-15;;;/h2*3-10H,1-2H3,(H,19,22);2*1H;1H2. The Bertz CT molecular complexity index is 2340. The molecule has 9 nitrogen and oxygen atoms in total. The summed E-state index contributed by atoms with van der Waals surface area (Å²) in [5.41, 5.74) is 12.1. The molecule has 47 heavy (non-hydrogen) atoms. The monoisotopic (exact) mass is 668 g/mol. The Labute approximate surface area is 282 Å². The molecule has 0 aliphatic rings. The van der Waals surface area contributed by atoms with Gasteiger partial charge in [0, 0.05) is 58.1 Å². The summed E-state index contributed by atoms with van der Waals surface area (Å²) >= 11 is 0. The highest BCUT2D eigenvalue weighted by molar-refractivity contribution is 5.86. The van der Waals surface area contributed by atoms with E-state index in [-0.39, 0.29) is 41.4 Å². The summed E-state index contributed by atoms with van der Waals surface area (Å²) in [5.74, 6) is 0. The van der Waals surface area contributed by atoms with E-state index in [0.29, 0.717) is 0 Å². The first-order valence-electron chi connectivity index (χ1n) is 14.4. The zero-order valence-electron chi connectivity index (χ0n) is 26.2. The number of nitrogens with one attached hydrogen (secondary N) is 2. The van der Waals surface area contributed by atoms with Crippen LogP contribution in [0.4, 0.5) is 0 Å². The molecule has 0 bridgehead atoms. The van der Waals surface area contributed by atoms with Crippen LogP contribution in [0.25, 0.3) is 55.6 Å². The lowest BCUT2D eigenvalue weighted by Gasteiger charge is -2.02. The van der Waals surface area contributed by atoms with Crippen molar-refractivity contribution >= 4 is 57.9 Å². The number of fused-ring (bicyclic) bond motifs is 4. The molecule has 0 aliphatic carbocycles. The second-order valence-corrected chi connectivity index (χ2v) is 11.2. The van der Waals surface area contributed by atoms with E-state index >= 15 is 0 Å². The Morgan fingerprint density at radius 3 is 1.34 bits per heavy atom. The maximum Gasteiger partial charge on any atom is 0.248 e. The molecule has 0 fully saturated rings. The summed E-state index contributed by atoms with van der Waals surface area (Å²) in [6, 6.07) is 27.1. The number of hydrogen-bond acceptors (Lipinski definition) is 4. The number of aryl methyl sites for hydroxylation is 4. The van der Waals surface area contributed by atoms with Gasteiger partial charge in [0.15, 0.2) is 0 Å². The fraction of sp³-hybridized carbons (Fsp3) is 0.111. The Kier molecular flexibility index (Phi) is 10.1. The van der Waals surface area contributed by atoms with Crippen molar-refractivity contribution in [3.63, 3.8) is 0 Å². The second-order valence-electron chi connectivity index (χ2n) is 11.2. The van der Waals surface area contributed by atoms with Crippen molar-refractivity contribution < 1.29 is 5.48 Å². The van der Waals surface area contributed by atoms with Crippen LogP contribution in [0.2, 0.25) is 0 Å². The van der Waals surface area contributed by atoms with E-state index in [2.05, 4.69) is 95.3 Å². The number of aromatic nitrogens is 6. The molecule has 4 N–H and O–H groups in total. The molecule has 0 radical (unpaired) electrons. The first-order chi connectivity index (χ1) is 21.2. The van der Waals surface area contributed by atoms with E-state index in [0.717, 1.165) is 67.0 Å². The lowest BCUT2D eigenvalue weighted by atomic mass is 10.1. The molecule has 0 atom stereocenters. The van der Waals surface area contributed by atoms with Crippen LogP contribution in [0.3, 0.4) is 0 Å². The van der Waals surface area contributed by atoms with Gasteiger partial charge < -0.3 is 24.2 Å². The van der Waals surface area contributed by atoms with Crippen LogP contribution in [0.15, 0.2) is 107 Å². The van der Waals surface area contributed by atoms with Crippen LogP contribution in [0.5, 0.6) is 0 Å². The van der Waals surface area contributed by atoms with Gasteiger partial charge in [-0.05, 0) is 110 Å². The third-order valence-electron chi connectivity index (χ3n) is 8.04. The molecule has 0 spiro atoms. The number of imidazole rings is 2. The normalized spacial score (nSPS) is 10.6. The van der Waals surface area contributed by atoms with Crippen LogP contribution >= 0.6 is 24.8 Å². The zero-order chi connectivity index (χ0) is 30.5. The highest BCUT2D eigenvalue weighted by atomic mass is 35.5. The van der Waals surface area contributed by atoms with Crippen LogP contribution in [-0.2, 0) is 0 Å². The molecule has 0 amide bonds. The Balaban J connectivity index is 0.000000200. The molecule has 0 unspecified atom stereocenters. The molecule has 6 heterocycles. The van der Waals surface area contributed by atoms with Gasteiger partial charge >= 0.3 is 0 Å². The van der Waals surface area contributed by atoms with Gasteiger partial charge in [-0.1, -0.05) is 12.1 Å². The fourth-order valence-corrected chi connectivity index (χ4v) is 5.69. The lowest BCUT2D eigenvalue weighted by molar-refractivity contribution is 0.824. The van der Waals surface area contributed by atoms with Crippen molar-refractivity contribution in [2.24, 2.45) is 0 Å².